The van der Waals surface area contributed by atoms with E-state index < -0.39 is 11.8 Å². The summed E-state index contributed by atoms with van der Waals surface area (Å²) < 4.78 is 4.91. The van der Waals surface area contributed by atoms with Crippen LogP contribution in [-0.4, -0.2) is 42.2 Å². The zero-order valence-corrected chi connectivity index (χ0v) is 13.3. The SMILES string of the molecule is COCCNC(=S)NN1C(=O)c2cccc3cccc(c23)C1=O. The van der Waals surface area contributed by atoms with Crippen molar-refractivity contribution in [3.8, 4) is 0 Å². The van der Waals surface area contributed by atoms with E-state index in [4.69, 9.17) is 17.0 Å². The molecule has 0 aliphatic carbocycles. The second-order valence-electron chi connectivity index (χ2n) is 5.02. The molecule has 7 heteroatoms. The van der Waals surface area contributed by atoms with Crippen LogP contribution in [-0.2, 0) is 4.74 Å². The Hall–Kier alpha value is -2.51. The zero-order chi connectivity index (χ0) is 16.4. The van der Waals surface area contributed by atoms with E-state index >= 15 is 0 Å². The van der Waals surface area contributed by atoms with E-state index in [1.54, 1.807) is 31.4 Å². The molecule has 0 saturated carbocycles. The van der Waals surface area contributed by atoms with Crippen LogP contribution in [0.15, 0.2) is 36.4 Å². The average molecular weight is 329 g/mol. The van der Waals surface area contributed by atoms with Gasteiger partial charge in [0.1, 0.15) is 0 Å². The Morgan fingerprint density at radius 2 is 1.74 bits per heavy atom. The molecule has 0 fully saturated rings. The lowest BCUT2D eigenvalue weighted by atomic mass is 9.95. The minimum Gasteiger partial charge on any atom is -0.383 e. The number of amides is 2. The van der Waals surface area contributed by atoms with Crippen molar-refractivity contribution in [2.24, 2.45) is 0 Å². The van der Waals surface area contributed by atoms with Crippen LogP contribution < -0.4 is 10.7 Å². The fraction of sp³-hybridized carbons (Fsp3) is 0.188. The fourth-order valence-electron chi connectivity index (χ4n) is 2.54. The molecule has 23 heavy (non-hydrogen) atoms. The Kier molecular flexibility index (Phi) is 4.22. The molecule has 0 radical (unpaired) electrons. The highest BCUT2D eigenvalue weighted by molar-refractivity contribution is 7.80. The number of benzene rings is 2. The van der Waals surface area contributed by atoms with E-state index in [0.29, 0.717) is 29.7 Å². The van der Waals surface area contributed by atoms with Crippen LogP contribution in [0.3, 0.4) is 0 Å². The van der Waals surface area contributed by atoms with Crippen LogP contribution in [0, 0.1) is 0 Å². The van der Waals surface area contributed by atoms with Gasteiger partial charge in [-0.1, -0.05) is 24.3 Å². The number of nitrogens with one attached hydrogen (secondary N) is 2. The maximum absolute atomic E-state index is 12.6. The molecule has 2 N–H and O–H groups in total. The molecule has 0 saturated heterocycles. The quantitative estimate of drug-likeness (QED) is 0.503. The minimum absolute atomic E-state index is 0.190. The van der Waals surface area contributed by atoms with Crippen molar-refractivity contribution in [1.29, 1.82) is 0 Å². The summed E-state index contributed by atoms with van der Waals surface area (Å²) in [6.07, 6.45) is 0. The van der Waals surface area contributed by atoms with Gasteiger partial charge in [0, 0.05) is 19.0 Å². The fourth-order valence-corrected chi connectivity index (χ4v) is 2.73. The lowest BCUT2D eigenvalue weighted by molar-refractivity contribution is 0.0566. The molecule has 0 spiro atoms. The van der Waals surface area contributed by atoms with Gasteiger partial charge in [-0.05, 0) is 29.7 Å². The van der Waals surface area contributed by atoms with Gasteiger partial charge >= 0.3 is 0 Å². The van der Waals surface area contributed by atoms with E-state index in [0.717, 1.165) is 10.4 Å². The Balaban J connectivity index is 1.90. The van der Waals surface area contributed by atoms with Gasteiger partial charge in [-0.3, -0.25) is 15.0 Å². The Morgan fingerprint density at radius 3 is 2.30 bits per heavy atom. The molecule has 0 bridgehead atoms. The van der Waals surface area contributed by atoms with Gasteiger partial charge in [0.05, 0.1) is 17.7 Å². The van der Waals surface area contributed by atoms with Crippen molar-refractivity contribution in [3.63, 3.8) is 0 Å². The summed E-state index contributed by atoms with van der Waals surface area (Å²) in [6, 6.07) is 10.8. The molecule has 1 heterocycles. The number of hydrogen-bond acceptors (Lipinski definition) is 4. The van der Waals surface area contributed by atoms with Crippen molar-refractivity contribution in [2.75, 3.05) is 20.3 Å². The van der Waals surface area contributed by atoms with E-state index in [1.165, 1.54) is 0 Å². The Labute approximate surface area is 138 Å². The second-order valence-corrected chi connectivity index (χ2v) is 5.42. The van der Waals surface area contributed by atoms with Crippen LogP contribution >= 0.6 is 12.2 Å². The summed E-state index contributed by atoms with van der Waals surface area (Å²) in [6.45, 7) is 0.941. The highest BCUT2D eigenvalue weighted by Gasteiger charge is 2.33. The standard InChI is InChI=1S/C16H15N3O3S/c1-22-9-8-17-16(23)18-19-14(20)11-6-2-4-10-5-3-7-12(13(10)11)15(19)21/h2-7H,8-9H2,1H3,(H2,17,18,23). The van der Waals surface area contributed by atoms with Crippen molar-refractivity contribution in [3.05, 3.63) is 47.5 Å². The molecule has 3 rings (SSSR count). The maximum atomic E-state index is 12.6. The third kappa shape index (κ3) is 2.76. The summed E-state index contributed by atoms with van der Waals surface area (Å²) >= 11 is 5.11. The number of hydrogen-bond donors (Lipinski definition) is 2. The van der Waals surface area contributed by atoms with Crippen LogP contribution in [0.2, 0.25) is 0 Å². The number of nitrogens with zero attached hydrogens (tertiary/aromatic N) is 1. The minimum atomic E-state index is -0.421. The van der Waals surface area contributed by atoms with Gasteiger partial charge in [0.15, 0.2) is 5.11 Å². The molecule has 2 aromatic rings. The molecule has 2 aromatic carbocycles. The van der Waals surface area contributed by atoms with Gasteiger partial charge in [0.25, 0.3) is 11.8 Å². The van der Waals surface area contributed by atoms with E-state index in [9.17, 15) is 9.59 Å². The number of imide groups is 1. The third-order valence-electron chi connectivity index (χ3n) is 3.58. The number of thiocarbonyl (C=S) groups is 1. The van der Waals surface area contributed by atoms with Crippen molar-refractivity contribution >= 4 is 39.9 Å². The summed E-state index contributed by atoms with van der Waals surface area (Å²) in [4.78, 5) is 25.2. The number of carbonyl (C=O) groups excluding carboxylic acids is 2. The lowest BCUT2D eigenvalue weighted by Crippen LogP contribution is -2.54. The normalized spacial score (nSPS) is 13.3. The number of ether oxygens (including phenoxy) is 1. The molecule has 0 aromatic heterocycles. The number of hydrazine groups is 1. The predicted molar refractivity (Wildman–Crippen MR) is 90.1 cm³/mol. The number of carbonyl (C=O) groups is 2. The van der Waals surface area contributed by atoms with E-state index in [2.05, 4.69) is 10.7 Å². The molecule has 0 unspecified atom stereocenters. The molecule has 2 amide bonds. The maximum Gasteiger partial charge on any atom is 0.280 e. The van der Waals surface area contributed by atoms with Crippen molar-refractivity contribution in [2.45, 2.75) is 0 Å². The average Bonchev–Trinajstić information content (AvgIpc) is 2.56. The summed E-state index contributed by atoms with van der Waals surface area (Å²) in [5, 5.41) is 5.55. The van der Waals surface area contributed by atoms with E-state index in [-0.39, 0.29) is 5.11 Å². The predicted octanol–water partition coefficient (Wildman–Crippen LogP) is 1.46. The first-order valence-electron chi connectivity index (χ1n) is 7.07. The van der Waals surface area contributed by atoms with Gasteiger partial charge in [-0.2, -0.15) is 5.01 Å². The van der Waals surface area contributed by atoms with Crippen LogP contribution in [0.5, 0.6) is 0 Å². The monoisotopic (exact) mass is 329 g/mol. The van der Waals surface area contributed by atoms with Gasteiger partial charge in [-0.15, -0.1) is 0 Å². The molecule has 0 atom stereocenters. The highest BCUT2D eigenvalue weighted by atomic mass is 32.1. The second kappa shape index (κ2) is 6.31. The van der Waals surface area contributed by atoms with E-state index in [1.807, 2.05) is 12.1 Å². The molecule has 1 aliphatic rings. The summed E-state index contributed by atoms with van der Waals surface area (Å²) in [5.41, 5.74) is 3.61. The topological polar surface area (TPSA) is 70.7 Å². The zero-order valence-electron chi connectivity index (χ0n) is 12.5. The first-order chi connectivity index (χ1) is 11.1. The van der Waals surface area contributed by atoms with Crippen LogP contribution in [0.4, 0.5) is 0 Å². The molecular weight excluding hydrogens is 314 g/mol. The lowest BCUT2D eigenvalue weighted by Gasteiger charge is -2.28. The summed E-state index contributed by atoms with van der Waals surface area (Å²) in [5.74, 6) is -0.842. The summed E-state index contributed by atoms with van der Waals surface area (Å²) in [7, 11) is 1.58. The van der Waals surface area contributed by atoms with Crippen LogP contribution in [0.25, 0.3) is 10.8 Å². The number of rotatable bonds is 4. The van der Waals surface area contributed by atoms with Gasteiger partial charge in [-0.25, -0.2) is 0 Å². The highest BCUT2D eigenvalue weighted by Crippen LogP contribution is 2.28. The third-order valence-corrected chi connectivity index (χ3v) is 3.81. The molecule has 6 nitrogen and oxygen atoms in total. The van der Waals surface area contributed by atoms with Crippen molar-refractivity contribution < 1.29 is 14.3 Å². The Bertz CT molecular complexity index is 756. The molecule has 118 valence electrons. The Morgan fingerprint density at radius 1 is 1.13 bits per heavy atom. The largest absolute Gasteiger partial charge is 0.383 e. The van der Waals surface area contributed by atoms with Gasteiger partial charge < -0.3 is 10.1 Å². The number of methoxy groups -OCH3 is 1. The molecular formula is C16H15N3O3S. The van der Waals surface area contributed by atoms with Crippen molar-refractivity contribution in [1.82, 2.24) is 15.8 Å². The molecule has 1 aliphatic heterocycles. The van der Waals surface area contributed by atoms with Gasteiger partial charge in [0.2, 0.25) is 0 Å². The first kappa shape index (κ1) is 15.4. The smallest absolute Gasteiger partial charge is 0.280 e. The van der Waals surface area contributed by atoms with Crippen LogP contribution in [0.1, 0.15) is 20.7 Å². The first-order valence-corrected chi connectivity index (χ1v) is 7.48.